The highest BCUT2D eigenvalue weighted by Crippen LogP contribution is 2.28. The third kappa shape index (κ3) is 2.96. The van der Waals surface area contributed by atoms with Gasteiger partial charge in [-0.25, -0.2) is 9.37 Å². The average molecular weight is 339 g/mol. The molecule has 0 aliphatic carbocycles. The Labute approximate surface area is 123 Å². The highest BCUT2D eigenvalue weighted by molar-refractivity contribution is 9.10. The standard InChI is InChI=1S/C14H12BrFN2O2/c1-7-5-8(2)18-14(12(7)13(17)19)20-9-3-4-10(15)11(16)6-9/h3-6H,1-2H3,(H2,17,19). The van der Waals surface area contributed by atoms with E-state index in [-0.39, 0.29) is 17.2 Å². The fourth-order valence-corrected chi connectivity index (χ4v) is 2.07. The smallest absolute Gasteiger partial charge is 0.254 e. The van der Waals surface area contributed by atoms with Gasteiger partial charge in [-0.3, -0.25) is 4.79 Å². The molecule has 2 rings (SSSR count). The Morgan fingerprint density at radius 1 is 1.35 bits per heavy atom. The SMILES string of the molecule is Cc1cc(C)c(C(N)=O)c(Oc2ccc(Br)c(F)c2)n1. The lowest BCUT2D eigenvalue weighted by Crippen LogP contribution is -2.15. The van der Waals surface area contributed by atoms with E-state index in [4.69, 9.17) is 10.5 Å². The van der Waals surface area contributed by atoms with Crippen LogP contribution in [0.3, 0.4) is 0 Å². The van der Waals surface area contributed by atoms with Crippen LogP contribution in [0.15, 0.2) is 28.7 Å². The summed E-state index contributed by atoms with van der Waals surface area (Å²) in [7, 11) is 0. The van der Waals surface area contributed by atoms with Crippen molar-refractivity contribution in [3.63, 3.8) is 0 Å². The zero-order chi connectivity index (χ0) is 14.9. The summed E-state index contributed by atoms with van der Waals surface area (Å²) in [6, 6.07) is 6.01. The zero-order valence-corrected chi connectivity index (χ0v) is 12.5. The molecule has 0 unspecified atom stereocenters. The Morgan fingerprint density at radius 3 is 2.65 bits per heavy atom. The van der Waals surface area contributed by atoms with Crippen molar-refractivity contribution in [2.75, 3.05) is 0 Å². The van der Waals surface area contributed by atoms with E-state index in [9.17, 15) is 9.18 Å². The van der Waals surface area contributed by atoms with Crippen molar-refractivity contribution >= 4 is 21.8 Å². The van der Waals surface area contributed by atoms with Crippen LogP contribution in [0.1, 0.15) is 21.6 Å². The third-order valence-electron chi connectivity index (χ3n) is 2.66. The van der Waals surface area contributed by atoms with Gasteiger partial charge in [-0.15, -0.1) is 0 Å². The lowest BCUT2D eigenvalue weighted by Gasteiger charge is -2.11. The van der Waals surface area contributed by atoms with E-state index >= 15 is 0 Å². The highest BCUT2D eigenvalue weighted by Gasteiger charge is 2.16. The van der Waals surface area contributed by atoms with Crippen LogP contribution in [-0.4, -0.2) is 10.9 Å². The molecule has 2 aromatic rings. The predicted octanol–water partition coefficient (Wildman–Crippen LogP) is 3.49. The Bertz CT molecular complexity index is 689. The minimum Gasteiger partial charge on any atom is -0.438 e. The maximum absolute atomic E-state index is 13.5. The first-order valence-electron chi connectivity index (χ1n) is 5.79. The summed E-state index contributed by atoms with van der Waals surface area (Å²) in [5, 5.41) is 0. The fourth-order valence-electron chi connectivity index (χ4n) is 1.83. The monoisotopic (exact) mass is 338 g/mol. The Morgan fingerprint density at radius 2 is 2.05 bits per heavy atom. The van der Waals surface area contributed by atoms with Crippen molar-refractivity contribution in [3.8, 4) is 11.6 Å². The predicted molar refractivity (Wildman–Crippen MR) is 76.4 cm³/mol. The van der Waals surface area contributed by atoms with Crippen molar-refractivity contribution < 1.29 is 13.9 Å². The summed E-state index contributed by atoms with van der Waals surface area (Å²) in [6.07, 6.45) is 0. The molecule has 0 saturated heterocycles. The molecule has 1 heterocycles. The summed E-state index contributed by atoms with van der Waals surface area (Å²) in [5.41, 5.74) is 6.87. The Balaban J connectivity index is 2.47. The van der Waals surface area contributed by atoms with Gasteiger partial charge in [0.15, 0.2) is 0 Å². The number of nitrogens with zero attached hydrogens (tertiary/aromatic N) is 1. The number of nitrogens with two attached hydrogens (primary N) is 1. The van der Waals surface area contributed by atoms with Crippen LogP contribution in [0.2, 0.25) is 0 Å². The number of benzene rings is 1. The molecule has 0 spiro atoms. The molecule has 0 aliphatic rings. The molecule has 4 nitrogen and oxygen atoms in total. The number of rotatable bonds is 3. The molecule has 104 valence electrons. The van der Waals surface area contributed by atoms with Gasteiger partial charge < -0.3 is 10.5 Å². The third-order valence-corrected chi connectivity index (χ3v) is 3.31. The number of halogens is 2. The second kappa shape index (κ2) is 5.58. The molecule has 6 heteroatoms. The van der Waals surface area contributed by atoms with Crippen molar-refractivity contribution in [1.82, 2.24) is 4.98 Å². The second-order valence-corrected chi connectivity index (χ2v) is 5.16. The first-order valence-corrected chi connectivity index (χ1v) is 6.58. The van der Waals surface area contributed by atoms with Gasteiger partial charge in [-0.2, -0.15) is 0 Å². The number of ether oxygens (including phenoxy) is 1. The van der Waals surface area contributed by atoms with E-state index in [1.54, 1.807) is 26.0 Å². The summed E-state index contributed by atoms with van der Waals surface area (Å²) in [4.78, 5) is 15.6. The summed E-state index contributed by atoms with van der Waals surface area (Å²) in [6.45, 7) is 3.51. The van der Waals surface area contributed by atoms with Crippen LogP contribution in [-0.2, 0) is 0 Å². The number of aromatic nitrogens is 1. The molecular formula is C14H12BrFN2O2. The van der Waals surface area contributed by atoms with E-state index in [0.717, 1.165) is 0 Å². The Kier molecular flexibility index (Phi) is 4.04. The molecule has 0 atom stereocenters. The van der Waals surface area contributed by atoms with E-state index in [0.29, 0.717) is 15.7 Å². The molecule has 1 aromatic heterocycles. The number of hydrogen-bond donors (Lipinski definition) is 1. The van der Waals surface area contributed by atoms with Crippen molar-refractivity contribution in [2.45, 2.75) is 13.8 Å². The maximum atomic E-state index is 13.5. The van der Waals surface area contributed by atoms with Crippen LogP contribution >= 0.6 is 15.9 Å². The van der Waals surface area contributed by atoms with Gasteiger partial charge in [-0.1, -0.05) is 0 Å². The number of aryl methyl sites for hydroxylation is 2. The highest BCUT2D eigenvalue weighted by atomic mass is 79.9. The topological polar surface area (TPSA) is 65.2 Å². The van der Waals surface area contributed by atoms with Crippen molar-refractivity contribution in [2.24, 2.45) is 5.73 Å². The van der Waals surface area contributed by atoms with E-state index in [1.165, 1.54) is 12.1 Å². The number of carbonyl (C=O) groups is 1. The lowest BCUT2D eigenvalue weighted by molar-refractivity contribution is 0.0997. The minimum absolute atomic E-state index is 0.0803. The normalized spacial score (nSPS) is 10.4. The fraction of sp³-hybridized carbons (Fsp3) is 0.143. The number of pyridine rings is 1. The van der Waals surface area contributed by atoms with Gasteiger partial charge in [0.1, 0.15) is 17.1 Å². The first kappa shape index (κ1) is 14.5. The number of amides is 1. The van der Waals surface area contributed by atoms with Crippen LogP contribution in [0.4, 0.5) is 4.39 Å². The van der Waals surface area contributed by atoms with Crippen molar-refractivity contribution in [1.29, 1.82) is 0 Å². The van der Waals surface area contributed by atoms with Crippen LogP contribution in [0.5, 0.6) is 11.6 Å². The van der Waals surface area contributed by atoms with Gasteiger partial charge in [0.05, 0.1) is 4.47 Å². The Hall–Kier alpha value is -1.95. The molecule has 0 radical (unpaired) electrons. The maximum Gasteiger partial charge on any atom is 0.254 e. The van der Waals surface area contributed by atoms with E-state index in [2.05, 4.69) is 20.9 Å². The van der Waals surface area contributed by atoms with Crippen LogP contribution in [0.25, 0.3) is 0 Å². The first-order chi connectivity index (χ1) is 9.38. The molecule has 0 saturated carbocycles. The van der Waals surface area contributed by atoms with E-state index in [1.807, 2.05) is 0 Å². The van der Waals surface area contributed by atoms with Gasteiger partial charge in [0.25, 0.3) is 5.91 Å². The largest absolute Gasteiger partial charge is 0.438 e. The number of carbonyl (C=O) groups excluding carboxylic acids is 1. The molecule has 2 N–H and O–H groups in total. The van der Waals surface area contributed by atoms with Gasteiger partial charge >= 0.3 is 0 Å². The number of hydrogen-bond acceptors (Lipinski definition) is 3. The molecule has 0 bridgehead atoms. The van der Waals surface area contributed by atoms with Crippen LogP contribution in [0, 0.1) is 19.7 Å². The summed E-state index contributed by atoms with van der Waals surface area (Å²) >= 11 is 3.06. The van der Waals surface area contributed by atoms with Gasteiger partial charge in [0.2, 0.25) is 5.88 Å². The minimum atomic E-state index is -0.636. The number of primary amides is 1. The van der Waals surface area contributed by atoms with Crippen molar-refractivity contribution in [3.05, 3.63) is 51.4 Å². The lowest BCUT2D eigenvalue weighted by atomic mass is 10.1. The molecule has 1 aromatic carbocycles. The zero-order valence-electron chi connectivity index (χ0n) is 10.9. The molecule has 1 amide bonds. The molecular weight excluding hydrogens is 327 g/mol. The summed E-state index contributed by atoms with van der Waals surface area (Å²) in [5.74, 6) is -0.780. The van der Waals surface area contributed by atoms with Gasteiger partial charge in [0, 0.05) is 11.8 Å². The summed E-state index contributed by atoms with van der Waals surface area (Å²) < 4.78 is 19.3. The van der Waals surface area contributed by atoms with Gasteiger partial charge in [-0.05, 0) is 53.5 Å². The second-order valence-electron chi connectivity index (χ2n) is 4.30. The molecule has 20 heavy (non-hydrogen) atoms. The molecule has 0 fully saturated rings. The quantitative estimate of drug-likeness (QED) is 0.931. The average Bonchev–Trinajstić information content (AvgIpc) is 2.32. The van der Waals surface area contributed by atoms with E-state index < -0.39 is 11.7 Å². The molecule has 0 aliphatic heterocycles. The van der Waals surface area contributed by atoms with Crippen LogP contribution < -0.4 is 10.5 Å².